The molecule has 0 heterocycles. The second-order valence-electron chi connectivity index (χ2n) is 5.38. The van der Waals surface area contributed by atoms with E-state index in [0.29, 0.717) is 10.0 Å². The Bertz CT molecular complexity index is 475. The zero-order chi connectivity index (χ0) is 15.2. The van der Waals surface area contributed by atoms with Gasteiger partial charge in [-0.1, -0.05) is 48.6 Å². The van der Waals surface area contributed by atoms with E-state index in [1.807, 2.05) is 26.0 Å². The van der Waals surface area contributed by atoms with Crippen molar-refractivity contribution in [1.82, 2.24) is 0 Å². The van der Waals surface area contributed by atoms with Crippen LogP contribution in [0.5, 0.6) is 0 Å². The number of amidine groups is 1. The van der Waals surface area contributed by atoms with Gasteiger partial charge in [0.15, 0.2) is 0 Å². The van der Waals surface area contributed by atoms with Crippen LogP contribution in [0.2, 0.25) is 10.0 Å². The molecule has 1 rings (SSSR count). The number of anilines is 1. The standard InChI is InChI=1S/C14H21Cl2N3O/c1-14(2,13(17)19-20)7-3-4-8-18-10-5-6-11(15)12(16)9-10/h5-6,9,18,20H,3-4,7-8H2,1-2H3,(H2,17,19). The normalized spacial score (nSPS) is 12.5. The number of oxime groups is 1. The topological polar surface area (TPSA) is 70.6 Å². The molecular formula is C14H21Cl2N3O. The number of halogens is 2. The van der Waals surface area contributed by atoms with E-state index in [9.17, 15) is 0 Å². The second-order valence-corrected chi connectivity index (χ2v) is 6.20. The number of rotatable bonds is 7. The Kier molecular flexibility index (Phi) is 6.43. The van der Waals surface area contributed by atoms with E-state index in [-0.39, 0.29) is 11.3 Å². The number of benzene rings is 1. The van der Waals surface area contributed by atoms with Crippen LogP contribution < -0.4 is 11.1 Å². The molecular weight excluding hydrogens is 297 g/mol. The average molecular weight is 318 g/mol. The third-order valence-electron chi connectivity index (χ3n) is 3.28. The summed E-state index contributed by atoms with van der Waals surface area (Å²) in [6.07, 6.45) is 2.84. The summed E-state index contributed by atoms with van der Waals surface area (Å²) < 4.78 is 0. The fourth-order valence-electron chi connectivity index (χ4n) is 1.79. The van der Waals surface area contributed by atoms with Crippen molar-refractivity contribution in [1.29, 1.82) is 0 Å². The van der Waals surface area contributed by atoms with Gasteiger partial charge < -0.3 is 16.3 Å². The van der Waals surface area contributed by atoms with Gasteiger partial charge >= 0.3 is 0 Å². The van der Waals surface area contributed by atoms with Gasteiger partial charge in [-0.25, -0.2) is 0 Å². The van der Waals surface area contributed by atoms with Crippen LogP contribution in [0.25, 0.3) is 0 Å². The van der Waals surface area contributed by atoms with Crippen molar-refractivity contribution in [2.45, 2.75) is 33.1 Å². The van der Waals surface area contributed by atoms with Crippen LogP contribution in [0, 0.1) is 5.41 Å². The molecule has 20 heavy (non-hydrogen) atoms. The minimum absolute atomic E-state index is 0.273. The summed E-state index contributed by atoms with van der Waals surface area (Å²) in [5, 5.41) is 16.2. The molecule has 0 saturated carbocycles. The van der Waals surface area contributed by atoms with Crippen LogP contribution in [0.15, 0.2) is 23.4 Å². The molecule has 0 bridgehead atoms. The molecule has 0 spiro atoms. The summed E-state index contributed by atoms with van der Waals surface area (Å²) in [7, 11) is 0. The number of hydrogen-bond donors (Lipinski definition) is 3. The predicted molar refractivity (Wildman–Crippen MR) is 86.0 cm³/mol. The Morgan fingerprint density at radius 3 is 2.60 bits per heavy atom. The highest BCUT2D eigenvalue weighted by molar-refractivity contribution is 6.42. The highest BCUT2D eigenvalue weighted by Gasteiger charge is 2.22. The predicted octanol–water partition coefficient (Wildman–Crippen LogP) is 4.35. The molecule has 112 valence electrons. The second kappa shape index (κ2) is 7.60. The van der Waals surface area contributed by atoms with E-state index < -0.39 is 0 Å². The molecule has 0 aliphatic heterocycles. The lowest BCUT2D eigenvalue weighted by Crippen LogP contribution is -2.31. The van der Waals surface area contributed by atoms with Crippen molar-refractivity contribution in [3.05, 3.63) is 28.2 Å². The first-order valence-corrected chi connectivity index (χ1v) is 7.29. The Hall–Kier alpha value is -1.13. The van der Waals surface area contributed by atoms with Gasteiger partial charge in [0.1, 0.15) is 5.84 Å². The molecule has 1 aromatic rings. The molecule has 0 aromatic heterocycles. The highest BCUT2D eigenvalue weighted by atomic mass is 35.5. The molecule has 0 unspecified atom stereocenters. The van der Waals surface area contributed by atoms with Gasteiger partial charge in [-0.15, -0.1) is 0 Å². The molecule has 0 aliphatic carbocycles. The highest BCUT2D eigenvalue weighted by Crippen LogP contribution is 2.25. The fourth-order valence-corrected chi connectivity index (χ4v) is 2.09. The van der Waals surface area contributed by atoms with E-state index in [1.165, 1.54) is 0 Å². The van der Waals surface area contributed by atoms with Gasteiger partial charge in [-0.2, -0.15) is 0 Å². The van der Waals surface area contributed by atoms with Crippen LogP contribution in [0.3, 0.4) is 0 Å². The molecule has 4 N–H and O–H groups in total. The van der Waals surface area contributed by atoms with E-state index in [2.05, 4.69) is 10.5 Å². The van der Waals surface area contributed by atoms with Crippen molar-refractivity contribution in [2.24, 2.45) is 16.3 Å². The lowest BCUT2D eigenvalue weighted by Gasteiger charge is -2.22. The maximum Gasteiger partial charge on any atom is 0.144 e. The first kappa shape index (κ1) is 16.9. The lowest BCUT2D eigenvalue weighted by atomic mass is 9.86. The van der Waals surface area contributed by atoms with Gasteiger partial charge in [0.05, 0.1) is 10.0 Å². The molecule has 0 amide bonds. The van der Waals surface area contributed by atoms with Crippen molar-refractivity contribution in [3.8, 4) is 0 Å². The maximum atomic E-state index is 8.70. The van der Waals surface area contributed by atoms with Crippen LogP contribution in [0.4, 0.5) is 5.69 Å². The van der Waals surface area contributed by atoms with Gasteiger partial charge in [0, 0.05) is 17.6 Å². The Balaban J connectivity index is 2.30. The van der Waals surface area contributed by atoms with Crippen LogP contribution in [-0.4, -0.2) is 17.6 Å². The molecule has 0 saturated heterocycles. The van der Waals surface area contributed by atoms with Crippen LogP contribution in [-0.2, 0) is 0 Å². The van der Waals surface area contributed by atoms with E-state index in [0.717, 1.165) is 31.5 Å². The quantitative estimate of drug-likeness (QED) is 0.230. The summed E-state index contributed by atoms with van der Waals surface area (Å²) in [5.41, 5.74) is 6.32. The van der Waals surface area contributed by atoms with Crippen molar-refractivity contribution in [3.63, 3.8) is 0 Å². The zero-order valence-electron chi connectivity index (χ0n) is 11.8. The number of nitrogens with two attached hydrogens (primary N) is 1. The smallest absolute Gasteiger partial charge is 0.144 e. The first-order chi connectivity index (χ1) is 9.36. The summed E-state index contributed by atoms with van der Waals surface area (Å²) >= 11 is 11.8. The summed E-state index contributed by atoms with van der Waals surface area (Å²) in [6.45, 7) is 4.77. The largest absolute Gasteiger partial charge is 0.409 e. The number of unbranched alkanes of at least 4 members (excludes halogenated alkanes) is 1. The van der Waals surface area contributed by atoms with Gasteiger partial charge in [0.25, 0.3) is 0 Å². The Morgan fingerprint density at radius 1 is 1.30 bits per heavy atom. The lowest BCUT2D eigenvalue weighted by molar-refractivity contribution is 0.304. The molecule has 1 aromatic carbocycles. The fraction of sp³-hybridized carbons (Fsp3) is 0.500. The summed E-state index contributed by atoms with van der Waals surface area (Å²) in [5.74, 6) is 0.273. The van der Waals surface area contributed by atoms with E-state index in [4.69, 9.17) is 34.1 Å². The first-order valence-electron chi connectivity index (χ1n) is 6.54. The monoisotopic (exact) mass is 317 g/mol. The molecule has 0 aliphatic rings. The van der Waals surface area contributed by atoms with Crippen molar-refractivity contribution in [2.75, 3.05) is 11.9 Å². The maximum absolute atomic E-state index is 8.70. The summed E-state index contributed by atoms with van der Waals surface area (Å²) in [6, 6.07) is 5.48. The number of nitrogens with one attached hydrogen (secondary N) is 1. The molecule has 4 nitrogen and oxygen atoms in total. The SMILES string of the molecule is CC(C)(CCCCNc1ccc(Cl)c(Cl)c1)/C(N)=N/O. The third-order valence-corrected chi connectivity index (χ3v) is 4.02. The van der Waals surface area contributed by atoms with E-state index in [1.54, 1.807) is 6.07 Å². The average Bonchev–Trinajstić information content (AvgIpc) is 2.41. The van der Waals surface area contributed by atoms with Crippen LogP contribution >= 0.6 is 23.2 Å². The van der Waals surface area contributed by atoms with Crippen molar-refractivity contribution >= 4 is 34.7 Å². The number of nitrogens with zero attached hydrogens (tertiary/aromatic N) is 1. The number of hydrogen-bond acceptors (Lipinski definition) is 3. The van der Waals surface area contributed by atoms with Crippen LogP contribution in [0.1, 0.15) is 33.1 Å². The third kappa shape index (κ3) is 5.10. The minimum Gasteiger partial charge on any atom is -0.409 e. The van der Waals surface area contributed by atoms with Crippen molar-refractivity contribution < 1.29 is 5.21 Å². The zero-order valence-corrected chi connectivity index (χ0v) is 13.3. The molecule has 0 radical (unpaired) electrons. The Morgan fingerprint density at radius 2 is 2.00 bits per heavy atom. The molecule has 0 fully saturated rings. The van der Waals surface area contributed by atoms with Gasteiger partial charge in [-0.05, 0) is 31.0 Å². The molecule has 6 heteroatoms. The minimum atomic E-state index is -0.279. The Labute approximate surface area is 129 Å². The van der Waals surface area contributed by atoms with E-state index >= 15 is 0 Å². The molecule has 0 atom stereocenters. The summed E-state index contributed by atoms with van der Waals surface area (Å²) in [4.78, 5) is 0. The van der Waals surface area contributed by atoms with Gasteiger partial charge in [-0.3, -0.25) is 0 Å². The van der Waals surface area contributed by atoms with Gasteiger partial charge in [0.2, 0.25) is 0 Å².